The fourth-order valence-electron chi connectivity index (χ4n) is 2.60. The summed E-state index contributed by atoms with van der Waals surface area (Å²) in [6.45, 7) is 3.99. The Morgan fingerprint density at radius 2 is 2.00 bits per heavy atom. The van der Waals surface area contributed by atoms with Crippen molar-refractivity contribution in [3.8, 4) is 0 Å². The van der Waals surface area contributed by atoms with Gasteiger partial charge in [-0.1, -0.05) is 29.8 Å². The van der Waals surface area contributed by atoms with Crippen molar-refractivity contribution in [2.24, 2.45) is 7.05 Å². The molecule has 0 spiro atoms. The van der Waals surface area contributed by atoms with Crippen LogP contribution in [0.3, 0.4) is 0 Å². The van der Waals surface area contributed by atoms with E-state index in [2.05, 4.69) is 41.6 Å². The summed E-state index contributed by atoms with van der Waals surface area (Å²) in [4.78, 5) is 12.2. The van der Waals surface area contributed by atoms with Crippen molar-refractivity contribution in [3.63, 3.8) is 0 Å². The molecular weight excluding hydrogens is 250 g/mol. The van der Waals surface area contributed by atoms with Crippen LogP contribution < -0.4 is 5.32 Å². The topological polar surface area (TPSA) is 46.9 Å². The summed E-state index contributed by atoms with van der Waals surface area (Å²) in [6.07, 6.45) is 2.87. The smallest absolute Gasteiger partial charge is 0.272 e. The van der Waals surface area contributed by atoms with E-state index in [-0.39, 0.29) is 11.9 Å². The first-order chi connectivity index (χ1) is 9.54. The van der Waals surface area contributed by atoms with Crippen molar-refractivity contribution >= 4 is 5.91 Å². The molecule has 20 heavy (non-hydrogen) atoms. The van der Waals surface area contributed by atoms with E-state index in [9.17, 15) is 4.79 Å². The van der Waals surface area contributed by atoms with E-state index in [4.69, 9.17) is 0 Å². The quantitative estimate of drug-likeness (QED) is 0.929. The molecule has 0 unspecified atom stereocenters. The van der Waals surface area contributed by atoms with Gasteiger partial charge in [-0.05, 0) is 25.8 Å². The molecule has 0 aliphatic heterocycles. The number of aromatic nitrogens is 2. The van der Waals surface area contributed by atoms with Crippen molar-refractivity contribution in [3.05, 3.63) is 52.8 Å². The Labute approximate surface area is 118 Å². The van der Waals surface area contributed by atoms with Crippen LogP contribution in [0.4, 0.5) is 0 Å². The molecule has 1 aliphatic carbocycles. The molecule has 3 rings (SSSR count). The van der Waals surface area contributed by atoms with Crippen LogP contribution in [-0.4, -0.2) is 21.7 Å². The minimum atomic E-state index is -0.0669. The van der Waals surface area contributed by atoms with Gasteiger partial charge in [0.15, 0.2) is 5.69 Å². The maximum Gasteiger partial charge on any atom is 0.272 e. The Morgan fingerprint density at radius 3 is 2.60 bits per heavy atom. The molecule has 2 aromatic rings. The summed E-state index contributed by atoms with van der Waals surface area (Å²) >= 11 is 0. The van der Waals surface area contributed by atoms with Crippen molar-refractivity contribution in [1.29, 1.82) is 0 Å². The molecule has 1 aromatic carbocycles. The lowest BCUT2D eigenvalue weighted by Crippen LogP contribution is -2.27. The van der Waals surface area contributed by atoms with E-state index in [1.807, 2.05) is 20.2 Å². The van der Waals surface area contributed by atoms with Gasteiger partial charge in [0, 0.05) is 30.8 Å². The third-order valence-corrected chi connectivity index (χ3v) is 3.84. The fourth-order valence-corrected chi connectivity index (χ4v) is 2.60. The summed E-state index contributed by atoms with van der Waals surface area (Å²) in [5.41, 5.74) is 4.01. The first-order valence-electron chi connectivity index (χ1n) is 6.92. The number of rotatable bonds is 3. The summed E-state index contributed by atoms with van der Waals surface area (Å²) in [7, 11) is 1.83. The number of aryl methyl sites for hydroxylation is 3. The third-order valence-electron chi connectivity index (χ3n) is 3.84. The summed E-state index contributed by atoms with van der Waals surface area (Å²) in [5, 5.41) is 7.28. The van der Waals surface area contributed by atoms with Crippen LogP contribution in [0, 0.1) is 13.8 Å². The molecule has 1 saturated carbocycles. The monoisotopic (exact) mass is 269 g/mol. The lowest BCUT2D eigenvalue weighted by molar-refractivity contribution is 0.0944. The Hall–Kier alpha value is -2.10. The van der Waals surface area contributed by atoms with Gasteiger partial charge in [0.1, 0.15) is 0 Å². The van der Waals surface area contributed by atoms with Gasteiger partial charge in [0.05, 0.1) is 0 Å². The number of amides is 1. The van der Waals surface area contributed by atoms with Gasteiger partial charge in [-0.3, -0.25) is 9.48 Å². The zero-order valence-electron chi connectivity index (χ0n) is 12.1. The molecule has 104 valence electrons. The molecule has 4 nitrogen and oxygen atoms in total. The molecule has 1 amide bonds. The third kappa shape index (κ3) is 2.46. The number of nitrogens with zero attached hydrogens (tertiary/aromatic N) is 2. The fraction of sp³-hybridized carbons (Fsp3) is 0.375. The van der Waals surface area contributed by atoms with Crippen LogP contribution in [0.2, 0.25) is 0 Å². The Bertz CT molecular complexity index is 642. The highest BCUT2D eigenvalue weighted by atomic mass is 16.2. The zero-order chi connectivity index (χ0) is 14.3. The molecular formula is C16H19N3O. The number of carbonyl (C=O) groups excluding carboxylic acids is 1. The van der Waals surface area contributed by atoms with E-state index in [1.165, 1.54) is 11.1 Å². The molecule has 0 radical (unpaired) electrons. The highest BCUT2D eigenvalue weighted by molar-refractivity contribution is 5.94. The van der Waals surface area contributed by atoms with Crippen molar-refractivity contribution in [2.75, 3.05) is 0 Å². The van der Waals surface area contributed by atoms with Gasteiger partial charge in [0.25, 0.3) is 5.91 Å². The van der Waals surface area contributed by atoms with Gasteiger partial charge >= 0.3 is 0 Å². The minimum Gasteiger partial charge on any atom is -0.347 e. The highest BCUT2D eigenvalue weighted by Crippen LogP contribution is 2.40. The van der Waals surface area contributed by atoms with Gasteiger partial charge in [-0.2, -0.15) is 5.10 Å². The average Bonchev–Trinajstić information content (AvgIpc) is 3.07. The van der Waals surface area contributed by atoms with Gasteiger partial charge in [-0.15, -0.1) is 0 Å². The van der Waals surface area contributed by atoms with E-state index in [0.29, 0.717) is 11.6 Å². The first-order valence-corrected chi connectivity index (χ1v) is 6.92. The second kappa shape index (κ2) is 4.78. The largest absolute Gasteiger partial charge is 0.347 e. The number of carbonyl (C=O) groups is 1. The minimum absolute atomic E-state index is 0.0669. The molecule has 4 heteroatoms. The van der Waals surface area contributed by atoms with Crippen LogP contribution in [0.5, 0.6) is 0 Å². The lowest BCUT2D eigenvalue weighted by atomic mass is 10.1. The Balaban J connectivity index is 1.64. The second-order valence-corrected chi connectivity index (χ2v) is 5.67. The molecule has 1 aromatic heterocycles. The summed E-state index contributed by atoms with van der Waals surface area (Å²) < 4.78 is 1.68. The maximum atomic E-state index is 12.2. The number of nitrogens with one attached hydrogen (secondary N) is 1. The molecule has 1 N–H and O–H groups in total. The average molecular weight is 269 g/mol. The molecule has 2 atom stereocenters. The van der Waals surface area contributed by atoms with Crippen LogP contribution in [0.15, 0.2) is 30.5 Å². The molecule has 1 fully saturated rings. The van der Waals surface area contributed by atoms with Crippen molar-refractivity contribution in [1.82, 2.24) is 15.1 Å². The van der Waals surface area contributed by atoms with Crippen LogP contribution >= 0.6 is 0 Å². The molecule has 0 saturated heterocycles. The lowest BCUT2D eigenvalue weighted by Gasteiger charge is -2.04. The van der Waals surface area contributed by atoms with E-state index < -0.39 is 0 Å². The van der Waals surface area contributed by atoms with Gasteiger partial charge < -0.3 is 5.32 Å². The van der Waals surface area contributed by atoms with Gasteiger partial charge in [0.2, 0.25) is 0 Å². The molecule has 1 heterocycles. The second-order valence-electron chi connectivity index (χ2n) is 5.67. The first kappa shape index (κ1) is 12.9. The van der Waals surface area contributed by atoms with Crippen LogP contribution in [-0.2, 0) is 7.05 Å². The molecule has 1 aliphatic rings. The Kier molecular flexibility index (Phi) is 3.08. The predicted octanol–water partition coefficient (Wildman–Crippen LogP) is 2.32. The van der Waals surface area contributed by atoms with E-state index >= 15 is 0 Å². The van der Waals surface area contributed by atoms with Gasteiger partial charge in [-0.25, -0.2) is 0 Å². The molecule has 0 bridgehead atoms. The predicted molar refractivity (Wildman–Crippen MR) is 77.7 cm³/mol. The standard InChI is InChI=1S/C16H19N3O/c1-10-4-6-12(7-5-10)13-8-14(13)17-16(20)15-11(2)9-19(3)18-15/h4-7,9,13-14H,8H2,1-3H3,(H,17,20)/t13-,14+/m0/s1. The van der Waals surface area contributed by atoms with Crippen molar-refractivity contribution in [2.45, 2.75) is 32.2 Å². The zero-order valence-corrected chi connectivity index (χ0v) is 12.1. The Morgan fingerprint density at radius 1 is 1.30 bits per heavy atom. The maximum absolute atomic E-state index is 12.2. The highest BCUT2D eigenvalue weighted by Gasteiger charge is 2.39. The number of benzene rings is 1. The van der Waals surface area contributed by atoms with Crippen LogP contribution in [0.1, 0.15) is 39.5 Å². The van der Waals surface area contributed by atoms with E-state index in [1.54, 1.807) is 4.68 Å². The van der Waals surface area contributed by atoms with E-state index in [0.717, 1.165) is 12.0 Å². The van der Waals surface area contributed by atoms with Crippen LogP contribution in [0.25, 0.3) is 0 Å². The number of hydrogen-bond donors (Lipinski definition) is 1. The summed E-state index contributed by atoms with van der Waals surface area (Å²) in [6, 6.07) is 8.79. The normalized spacial score (nSPS) is 20.8. The SMILES string of the molecule is Cc1ccc([C@@H]2C[C@H]2NC(=O)c2nn(C)cc2C)cc1. The van der Waals surface area contributed by atoms with Crippen molar-refractivity contribution < 1.29 is 4.79 Å². The number of hydrogen-bond acceptors (Lipinski definition) is 2. The summed E-state index contributed by atoms with van der Waals surface area (Å²) in [5.74, 6) is 0.381.